The first kappa shape index (κ1) is 19.0. The van der Waals surface area contributed by atoms with Crippen molar-refractivity contribution in [3.63, 3.8) is 0 Å². The standard InChI is InChI=1S/C15H22N2O5S/c1-5-9-17(12(2)18)10-8-16-23(19,20)15-7-6-13(21-3)11-14(15)22-4/h5-7,11,16H,1,8-10H2,2-4H3. The molecule has 0 radical (unpaired) electrons. The molecule has 0 unspecified atom stereocenters. The summed E-state index contributed by atoms with van der Waals surface area (Å²) in [6.07, 6.45) is 1.59. The Morgan fingerprint density at radius 3 is 2.57 bits per heavy atom. The van der Waals surface area contributed by atoms with Gasteiger partial charge < -0.3 is 14.4 Å². The zero-order valence-electron chi connectivity index (χ0n) is 13.5. The summed E-state index contributed by atoms with van der Waals surface area (Å²) in [5, 5.41) is 0. The summed E-state index contributed by atoms with van der Waals surface area (Å²) in [5.41, 5.74) is 0. The highest BCUT2D eigenvalue weighted by atomic mass is 32.2. The molecular formula is C15H22N2O5S. The van der Waals surface area contributed by atoms with Crippen LogP contribution in [0.1, 0.15) is 6.92 Å². The van der Waals surface area contributed by atoms with Crippen LogP contribution in [0.2, 0.25) is 0 Å². The third-order valence-electron chi connectivity index (χ3n) is 3.13. The molecule has 1 aromatic carbocycles. The zero-order valence-corrected chi connectivity index (χ0v) is 14.4. The van der Waals surface area contributed by atoms with E-state index in [2.05, 4.69) is 11.3 Å². The first-order valence-corrected chi connectivity index (χ1v) is 8.42. The van der Waals surface area contributed by atoms with Crippen LogP contribution in [0.4, 0.5) is 0 Å². The molecule has 0 heterocycles. The number of benzene rings is 1. The monoisotopic (exact) mass is 342 g/mol. The Bertz CT molecular complexity index is 658. The summed E-state index contributed by atoms with van der Waals surface area (Å²) in [5.74, 6) is 0.534. The van der Waals surface area contributed by atoms with Gasteiger partial charge in [-0.2, -0.15) is 0 Å². The van der Waals surface area contributed by atoms with Crippen molar-refractivity contribution in [2.24, 2.45) is 0 Å². The minimum atomic E-state index is -3.76. The van der Waals surface area contributed by atoms with Gasteiger partial charge in [0.25, 0.3) is 0 Å². The average Bonchev–Trinajstić information content (AvgIpc) is 2.53. The van der Waals surface area contributed by atoms with E-state index in [1.165, 1.54) is 44.2 Å². The second kappa shape index (κ2) is 8.54. The number of rotatable bonds is 9. The number of nitrogens with zero attached hydrogens (tertiary/aromatic N) is 1. The fraction of sp³-hybridized carbons (Fsp3) is 0.400. The van der Waals surface area contributed by atoms with Gasteiger partial charge >= 0.3 is 0 Å². The van der Waals surface area contributed by atoms with Gasteiger partial charge in [-0.05, 0) is 12.1 Å². The highest BCUT2D eigenvalue weighted by Crippen LogP contribution is 2.28. The third-order valence-corrected chi connectivity index (χ3v) is 4.63. The summed E-state index contributed by atoms with van der Waals surface area (Å²) in [6, 6.07) is 4.44. The van der Waals surface area contributed by atoms with Crippen LogP contribution in [-0.4, -0.2) is 53.1 Å². The van der Waals surface area contributed by atoms with Crippen LogP contribution in [0.25, 0.3) is 0 Å². The number of nitrogens with one attached hydrogen (secondary N) is 1. The normalized spacial score (nSPS) is 10.9. The molecule has 0 aromatic heterocycles. The Kier molecular flexibility index (Phi) is 7.05. The minimum absolute atomic E-state index is 0.0129. The molecule has 0 saturated carbocycles. The van der Waals surface area contributed by atoms with E-state index in [9.17, 15) is 13.2 Å². The van der Waals surface area contributed by atoms with Crippen LogP contribution < -0.4 is 14.2 Å². The van der Waals surface area contributed by atoms with E-state index in [1.54, 1.807) is 6.08 Å². The number of methoxy groups -OCH3 is 2. The molecule has 0 atom stereocenters. The first-order valence-electron chi connectivity index (χ1n) is 6.93. The SMILES string of the molecule is C=CCN(CCNS(=O)(=O)c1ccc(OC)cc1OC)C(C)=O. The maximum absolute atomic E-state index is 12.4. The van der Waals surface area contributed by atoms with E-state index < -0.39 is 10.0 Å². The molecule has 0 bridgehead atoms. The quantitative estimate of drug-likeness (QED) is 0.677. The molecule has 0 aliphatic rings. The molecule has 0 saturated heterocycles. The van der Waals surface area contributed by atoms with Crippen LogP contribution in [0, 0.1) is 0 Å². The first-order chi connectivity index (χ1) is 10.9. The largest absolute Gasteiger partial charge is 0.497 e. The molecule has 1 aromatic rings. The van der Waals surface area contributed by atoms with Crippen LogP contribution >= 0.6 is 0 Å². The molecule has 0 aliphatic heterocycles. The number of ether oxygens (including phenoxy) is 2. The van der Waals surface area contributed by atoms with Crippen molar-refractivity contribution >= 4 is 15.9 Å². The molecule has 1 rings (SSSR count). The van der Waals surface area contributed by atoms with Gasteiger partial charge in [-0.3, -0.25) is 4.79 Å². The van der Waals surface area contributed by atoms with Crippen molar-refractivity contribution in [1.82, 2.24) is 9.62 Å². The molecular weight excluding hydrogens is 320 g/mol. The minimum Gasteiger partial charge on any atom is -0.497 e. The fourth-order valence-corrected chi connectivity index (χ4v) is 3.09. The topological polar surface area (TPSA) is 84.9 Å². The van der Waals surface area contributed by atoms with E-state index in [1.807, 2.05) is 0 Å². The summed E-state index contributed by atoms with van der Waals surface area (Å²) >= 11 is 0. The van der Waals surface area contributed by atoms with Crippen molar-refractivity contribution in [2.45, 2.75) is 11.8 Å². The van der Waals surface area contributed by atoms with Gasteiger partial charge in [0.15, 0.2) is 0 Å². The lowest BCUT2D eigenvalue weighted by Gasteiger charge is -2.19. The summed E-state index contributed by atoms with van der Waals surface area (Å²) < 4.78 is 37.3. The second-order valence-corrected chi connectivity index (χ2v) is 6.40. The lowest BCUT2D eigenvalue weighted by molar-refractivity contribution is -0.128. The predicted octanol–water partition coefficient (Wildman–Crippen LogP) is 1.02. The smallest absolute Gasteiger partial charge is 0.244 e. The molecule has 8 heteroatoms. The second-order valence-electron chi connectivity index (χ2n) is 4.67. The van der Waals surface area contributed by atoms with Crippen LogP contribution in [-0.2, 0) is 14.8 Å². The van der Waals surface area contributed by atoms with Gasteiger partial charge in [0.1, 0.15) is 16.4 Å². The number of amides is 1. The number of carbonyl (C=O) groups is 1. The average molecular weight is 342 g/mol. The van der Waals surface area contributed by atoms with Crippen LogP contribution in [0.5, 0.6) is 11.5 Å². The zero-order chi connectivity index (χ0) is 17.5. The molecule has 1 amide bonds. The van der Waals surface area contributed by atoms with Crippen LogP contribution in [0.3, 0.4) is 0 Å². The molecule has 7 nitrogen and oxygen atoms in total. The predicted molar refractivity (Wildman–Crippen MR) is 87.2 cm³/mol. The highest BCUT2D eigenvalue weighted by molar-refractivity contribution is 7.89. The van der Waals surface area contributed by atoms with Gasteiger partial charge in [-0.1, -0.05) is 6.08 Å². The van der Waals surface area contributed by atoms with Gasteiger partial charge in [-0.15, -0.1) is 6.58 Å². The Morgan fingerprint density at radius 2 is 2.04 bits per heavy atom. The van der Waals surface area contributed by atoms with E-state index in [4.69, 9.17) is 9.47 Å². The van der Waals surface area contributed by atoms with Gasteiger partial charge in [-0.25, -0.2) is 13.1 Å². The van der Waals surface area contributed by atoms with Gasteiger partial charge in [0.2, 0.25) is 15.9 Å². The van der Waals surface area contributed by atoms with Gasteiger partial charge in [0.05, 0.1) is 14.2 Å². The Hall–Kier alpha value is -2.06. The van der Waals surface area contributed by atoms with E-state index in [0.717, 1.165) is 0 Å². The summed E-state index contributed by atoms with van der Waals surface area (Å²) in [6.45, 7) is 5.69. The summed E-state index contributed by atoms with van der Waals surface area (Å²) in [4.78, 5) is 12.9. The number of hydrogen-bond donors (Lipinski definition) is 1. The third kappa shape index (κ3) is 5.26. The lowest BCUT2D eigenvalue weighted by Crippen LogP contribution is -2.37. The molecule has 23 heavy (non-hydrogen) atoms. The maximum atomic E-state index is 12.4. The lowest BCUT2D eigenvalue weighted by atomic mass is 10.3. The Balaban J connectivity index is 2.83. The van der Waals surface area contributed by atoms with Crippen molar-refractivity contribution in [1.29, 1.82) is 0 Å². The Labute approximate surface area is 136 Å². The molecule has 0 spiro atoms. The molecule has 0 fully saturated rings. The summed E-state index contributed by atoms with van der Waals surface area (Å²) in [7, 11) is -0.891. The van der Waals surface area contributed by atoms with E-state index in [0.29, 0.717) is 12.3 Å². The van der Waals surface area contributed by atoms with Crippen molar-refractivity contribution in [3.8, 4) is 11.5 Å². The Morgan fingerprint density at radius 1 is 1.35 bits per heavy atom. The number of sulfonamides is 1. The van der Waals surface area contributed by atoms with Crippen molar-refractivity contribution in [3.05, 3.63) is 30.9 Å². The van der Waals surface area contributed by atoms with Crippen molar-refractivity contribution < 1.29 is 22.7 Å². The van der Waals surface area contributed by atoms with E-state index in [-0.39, 0.29) is 29.6 Å². The molecule has 1 N–H and O–H groups in total. The number of carbonyl (C=O) groups excluding carboxylic acids is 1. The fourth-order valence-electron chi connectivity index (χ4n) is 1.92. The van der Waals surface area contributed by atoms with E-state index >= 15 is 0 Å². The molecule has 128 valence electrons. The van der Waals surface area contributed by atoms with Gasteiger partial charge in [0, 0.05) is 32.6 Å². The molecule has 0 aliphatic carbocycles. The van der Waals surface area contributed by atoms with Crippen molar-refractivity contribution in [2.75, 3.05) is 33.9 Å². The van der Waals surface area contributed by atoms with Crippen LogP contribution in [0.15, 0.2) is 35.7 Å². The number of hydrogen-bond acceptors (Lipinski definition) is 5. The highest BCUT2D eigenvalue weighted by Gasteiger charge is 2.20. The maximum Gasteiger partial charge on any atom is 0.244 e.